The van der Waals surface area contributed by atoms with Gasteiger partial charge in [0.1, 0.15) is 0 Å². The molecule has 1 atom stereocenters. The van der Waals surface area contributed by atoms with Crippen LogP contribution in [0.2, 0.25) is 5.02 Å². The maximum absolute atomic E-state index is 13.1. The molecule has 1 unspecified atom stereocenters. The normalized spacial score (nSPS) is 21.1. The lowest BCUT2D eigenvalue weighted by Gasteiger charge is -2.36. The fraction of sp³-hybridized carbons (Fsp3) is 0.467. The number of hydrogen-bond donors (Lipinski definition) is 0. The first kappa shape index (κ1) is 16.1. The SMILES string of the molecule is CC1(C)C(C(F)(F)F)CCN1C(=O)c1cc2cc(Cl)ccn2n1. The van der Waals surface area contributed by atoms with E-state index in [-0.39, 0.29) is 18.7 Å². The van der Waals surface area contributed by atoms with Crippen LogP contribution >= 0.6 is 11.6 Å². The lowest BCUT2D eigenvalue weighted by Crippen LogP contribution is -2.49. The van der Waals surface area contributed by atoms with E-state index in [4.69, 9.17) is 11.6 Å². The minimum absolute atomic E-state index is 0.0602. The Morgan fingerprint density at radius 1 is 1.39 bits per heavy atom. The van der Waals surface area contributed by atoms with Crippen molar-refractivity contribution in [3.8, 4) is 0 Å². The predicted octanol–water partition coefficient (Wildman–Crippen LogP) is 3.79. The maximum Gasteiger partial charge on any atom is 0.394 e. The third-order valence-electron chi connectivity index (χ3n) is 4.47. The molecule has 1 amide bonds. The van der Waals surface area contributed by atoms with Crippen LogP contribution in [0.1, 0.15) is 30.8 Å². The lowest BCUT2D eigenvalue weighted by molar-refractivity contribution is -0.189. The summed E-state index contributed by atoms with van der Waals surface area (Å²) >= 11 is 5.89. The molecule has 1 aliphatic rings. The minimum Gasteiger partial charge on any atom is -0.331 e. The highest BCUT2D eigenvalue weighted by molar-refractivity contribution is 6.30. The third-order valence-corrected chi connectivity index (χ3v) is 4.71. The molecule has 0 spiro atoms. The van der Waals surface area contributed by atoms with E-state index < -0.39 is 23.5 Å². The van der Waals surface area contributed by atoms with E-state index in [9.17, 15) is 18.0 Å². The van der Waals surface area contributed by atoms with Crippen molar-refractivity contribution < 1.29 is 18.0 Å². The molecule has 1 aliphatic heterocycles. The molecule has 124 valence electrons. The highest BCUT2D eigenvalue weighted by Crippen LogP contribution is 2.45. The second-order valence-electron chi connectivity index (χ2n) is 6.24. The van der Waals surface area contributed by atoms with Gasteiger partial charge in [-0.3, -0.25) is 4.79 Å². The summed E-state index contributed by atoms with van der Waals surface area (Å²) in [6.07, 6.45) is -2.82. The Kier molecular flexibility index (Phi) is 3.59. The molecular formula is C15H15ClF3N3O. The number of halogens is 4. The molecule has 0 radical (unpaired) electrons. The Morgan fingerprint density at radius 2 is 2.09 bits per heavy atom. The number of fused-ring (bicyclic) bond motifs is 1. The predicted molar refractivity (Wildman–Crippen MR) is 79.5 cm³/mol. The zero-order chi connectivity index (χ0) is 17.0. The van der Waals surface area contributed by atoms with Gasteiger partial charge in [-0.05, 0) is 38.5 Å². The Labute approximate surface area is 135 Å². The van der Waals surface area contributed by atoms with E-state index in [0.717, 1.165) is 0 Å². The second-order valence-corrected chi connectivity index (χ2v) is 6.67. The molecule has 2 aromatic heterocycles. The number of aromatic nitrogens is 2. The summed E-state index contributed by atoms with van der Waals surface area (Å²) in [7, 11) is 0. The molecule has 1 saturated heterocycles. The van der Waals surface area contributed by atoms with Gasteiger partial charge in [-0.15, -0.1) is 0 Å². The van der Waals surface area contributed by atoms with Crippen LogP contribution in [0.3, 0.4) is 0 Å². The van der Waals surface area contributed by atoms with E-state index >= 15 is 0 Å². The summed E-state index contributed by atoms with van der Waals surface area (Å²) in [5, 5.41) is 4.63. The molecule has 4 nitrogen and oxygen atoms in total. The zero-order valence-corrected chi connectivity index (χ0v) is 13.3. The number of likely N-dealkylation sites (tertiary alicyclic amines) is 1. The largest absolute Gasteiger partial charge is 0.394 e. The van der Waals surface area contributed by atoms with Crippen molar-refractivity contribution in [1.29, 1.82) is 0 Å². The Morgan fingerprint density at radius 3 is 2.70 bits per heavy atom. The van der Waals surface area contributed by atoms with Crippen LogP contribution in [0.15, 0.2) is 24.4 Å². The fourth-order valence-electron chi connectivity index (χ4n) is 3.23. The van der Waals surface area contributed by atoms with Gasteiger partial charge in [-0.2, -0.15) is 18.3 Å². The van der Waals surface area contributed by atoms with Gasteiger partial charge in [0.15, 0.2) is 5.69 Å². The Bertz CT molecular complexity index is 769. The van der Waals surface area contributed by atoms with E-state index in [0.29, 0.717) is 10.5 Å². The van der Waals surface area contributed by atoms with Crippen molar-refractivity contribution in [3.05, 3.63) is 35.1 Å². The first-order chi connectivity index (χ1) is 10.6. The molecule has 3 rings (SSSR count). The highest BCUT2D eigenvalue weighted by atomic mass is 35.5. The number of carbonyl (C=O) groups excluding carboxylic acids is 1. The summed E-state index contributed by atoms with van der Waals surface area (Å²) in [6.45, 7) is 2.95. The zero-order valence-electron chi connectivity index (χ0n) is 12.6. The van der Waals surface area contributed by atoms with Gasteiger partial charge in [0, 0.05) is 23.3 Å². The van der Waals surface area contributed by atoms with Crippen LogP contribution in [0.25, 0.3) is 5.52 Å². The van der Waals surface area contributed by atoms with E-state index in [2.05, 4.69) is 5.10 Å². The number of pyridine rings is 1. The molecule has 3 heterocycles. The van der Waals surface area contributed by atoms with E-state index in [1.54, 1.807) is 18.3 Å². The number of rotatable bonds is 1. The molecule has 0 saturated carbocycles. The molecule has 1 fully saturated rings. The topological polar surface area (TPSA) is 37.6 Å². The van der Waals surface area contributed by atoms with Crippen molar-refractivity contribution >= 4 is 23.0 Å². The van der Waals surface area contributed by atoms with Crippen LogP contribution in [0.4, 0.5) is 13.2 Å². The Hall–Kier alpha value is -1.76. The van der Waals surface area contributed by atoms with Crippen molar-refractivity contribution in [2.75, 3.05) is 6.54 Å². The molecule has 2 aromatic rings. The van der Waals surface area contributed by atoms with Gasteiger partial charge < -0.3 is 4.90 Å². The van der Waals surface area contributed by atoms with Crippen LogP contribution in [0.5, 0.6) is 0 Å². The van der Waals surface area contributed by atoms with Gasteiger partial charge in [-0.25, -0.2) is 4.52 Å². The summed E-state index contributed by atoms with van der Waals surface area (Å²) in [5.74, 6) is -2.04. The monoisotopic (exact) mass is 345 g/mol. The van der Waals surface area contributed by atoms with E-state index in [1.807, 2.05) is 0 Å². The minimum atomic E-state index is -4.33. The van der Waals surface area contributed by atoms with Crippen molar-refractivity contribution in [3.63, 3.8) is 0 Å². The molecule has 0 aliphatic carbocycles. The molecule has 0 N–H and O–H groups in total. The van der Waals surface area contributed by atoms with Crippen LogP contribution in [0, 0.1) is 5.92 Å². The maximum atomic E-state index is 13.1. The highest BCUT2D eigenvalue weighted by Gasteiger charge is 2.56. The summed E-state index contributed by atoms with van der Waals surface area (Å²) in [6, 6.07) is 4.79. The first-order valence-electron chi connectivity index (χ1n) is 7.14. The van der Waals surface area contributed by atoms with Crippen molar-refractivity contribution in [1.82, 2.24) is 14.5 Å². The number of alkyl halides is 3. The summed E-state index contributed by atoms with van der Waals surface area (Å²) in [5.41, 5.74) is -0.573. The second kappa shape index (κ2) is 5.12. The first-order valence-corrected chi connectivity index (χ1v) is 7.52. The third kappa shape index (κ3) is 2.67. The van der Waals surface area contributed by atoms with Crippen LogP contribution in [-0.4, -0.2) is 38.7 Å². The van der Waals surface area contributed by atoms with Gasteiger partial charge in [-0.1, -0.05) is 11.6 Å². The lowest BCUT2D eigenvalue weighted by atomic mass is 9.88. The standard InChI is InChI=1S/C15H15ClF3N3O/c1-14(2)12(15(17,18)19)4-5-21(14)13(23)11-8-10-7-9(16)3-6-22(10)20-11/h3,6-8,12H,4-5H2,1-2H3. The summed E-state index contributed by atoms with van der Waals surface area (Å²) < 4.78 is 40.9. The van der Waals surface area contributed by atoms with Crippen LogP contribution in [-0.2, 0) is 0 Å². The van der Waals surface area contributed by atoms with Crippen LogP contribution < -0.4 is 0 Å². The summed E-state index contributed by atoms with van der Waals surface area (Å²) in [4.78, 5) is 13.9. The number of amides is 1. The number of hydrogen-bond acceptors (Lipinski definition) is 2. The molecule has 23 heavy (non-hydrogen) atoms. The quantitative estimate of drug-likeness (QED) is 0.788. The van der Waals surface area contributed by atoms with Gasteiger partial charge in [0.05, 0.1) is 11.4 Å². The van der Waals surface area contributed by atoms with E-state index in [1.165, 1.54) is 29.3 Å². The molecule has 0 bridgehead atoms. The number of nitrogens with zero attached hydrogens (tertiary/aromatic N) is 3. The number of carbonyl (C=O) groups is 1. The fourth-order valence-corrected chi connectivity index (χ4v) is 3.39. The smallest absolute Gasteiger partial charge is 0.331 e. The van der Waals surface area contributed by atoms with Gasteiger partial charge in [0.2, 0.25) is 0 Å². The average Bonchev–Trinajstić information content (AvgIpc) is 2.96. The van der Waals surface area contributed by atoms with Gasteiger partial charge in [0.25, 0.3) is 5.91 Å². The molecule has 8 heteroatoms. The van der Waals surface area contributed by atoms with Crippen molar-refractivity contribution in [2.24, 2.45) is 5.92 Å². The Balaban J connectivity index is 1.93. The van der Waals surface area contributed by atoms with Gasteiger partial charge >= 0.3 is 6.18 Å². The average molecular weight is 346 g/mol. The van der Waals surface area contributed by atoms with Crippen molar-refractivity contribution in [2.45, 2.75) is 32.0 Å². The molecule has 0 aromatic carbocycles. The molecular weight excluding hydrogens is 331 g/mol.